The van der Waals surface area contributed by atoms with Gasteiger partial charge in [0.15, 0.2) is 11.5 Å². The van der Waals surface area contributed by atoms with Crippen molar-refractivity contribution in [2.45, 2.75) is 13.5 Å². The standard InChI is InChI=1S/C12H15BrN4O3/c1-2-16(3-4-18)12(19)11-5-10(20-15-11)8-17-7-9(13)6-14-17/h5-7,18H,2-4,8H2,1H3. The summed E-state index contributed by atoms with van der Waals surface area (Å²) < 4.78 is 7.68. The SMILES string of the molecule is CCN(CCO)C(=O)c1cc(Cn2cc(Br)cn2)on1. The fraction of sp³-hybridized carbons (Fsp3) is 0.417. The van der Waals surface area contributed by atoms with Gasteiger partial charge in [0.2, 0.25) is 0 Å². The first-order chi connectivity index (χ1) is 9.63. The quantitative estimate of drug-likeness (QED) is 0.850. The van der Waals surface area contributed by atoms with Crippen LogP contribution in [0.5, 0.6) is 0 Å². The van der Waals surface area contributed by atoms with Gasteiger partial charge in [-0.15, -0.1) is 0 Å². The Morgan fingerprint density at radius 2 is 2.40 bits per heavy atom. The zero-order valence-electron chi connectivity index (χ0n) is 11.0. The maximum atomic E-state index is 12.1. The first kappa shape index (κ1) is 14.7. The molecule has 0 aliphatic rings. The molecule has 2 aromatic rings. The second-order valence-electron chi connectivity index (χ2n) is 4.14. The van der Waals surface area contributed by atoms with E-state index in [1.165, 1.54) is 4.90 Å². The summed E-state index contributed by atoms with van der Waals surface area (Å²) in [5, 5.41) is 16.8. The molecule has 8 heteroatoms. The molecule has 2 aromatic heterocycles. The Balaban J connectivity index is 2.06. The lowest BCUT2D eigenvalue weighted by molar-refractivity contribution is 0.0721. The second kappa shape index (κ2) is 6.67. The van der Waals surface area contributed by atoms with Crippen molar-refractivity contribution in [3.8, 4) is 0 Å². The molecule has 1 N–H and O–H groups in total. The van der Waals surface area contributed by atoms with Crippen LogP contribution in [0.15, 0.2) is 27.5 Å². The van der Waals surface area contributed by atoms with Crippen LogP contribution in [0, 0.1) is 0 Å². The Hall–Kier alpha value is -1.67. The van der Waals surface area contributed by atoms with Gasteiger partial charge in [-0.2, -0.15) is 5.10 Å². The average Bonchev–Trinajstić information content (AvgIpc) is 3.05. The van der Waals surface area contributed by atoms with Gasteiger partial charge in [-0.3, -0.25) is 9.48 Å². The molecular formula is C12H15BrN4O3. The lowest BCUT2D eigenvalue weighted by Gasteiger charge is -2.17. The minimum Gasteiger partial charge on any atom is -0.395 e. The van der Waals surface area contributed by atoms with E-state index in [1.807, 2.05) is 6.92 Å². The Kier molecular flexibility index (Phi) is 4.91. The van der Waals surface area contributed by atoms with Crippen molar-refractivity contribution in [2.75, 3.05) is 19.7 Å². The van der Waals surface area contributed by atoms with Gasteiger partial charge in [-0.05, 0) is 22.9 Å². The highest BCUT2D eigenvalue weighted by molar-refractivity contribution is 9.10. The highest BCUT2D eigenvalue weighted by Gasteiger charge is 2.18. The zero-order valence-corrected chi connectivity index (χ0v) is 12.6. The normalized spacial score (nSPS) is 10.8. The van der Waals surface area contributed by atoms with Gasteiger partial charge in [0.05, 0.1) is 17.3 Å². The molecule has 7 nitrogen and oxygen atoms in total. The van der Waals surface area contributed by atoms with E-state index < -0.39 is 0 Å². The predicted molar refractivity (Wildman–Crippen MR) is 74.2 cm³/mol. The molecule has 0 fully saturated rings. The lowest BCUT2D eigenvalue weighted by Crippen LogP contribution is -2.33. The number of carbonyl (C=O) groups is 1. The van der Waals surface area contributed by atoms with Crippen molar-refractivity contribution in [1.82, 2.24) is 19.8 Å². The van der Waals surface area contributed by atoms with Crippen molar-refractivity contribution < 1.29 is 14.4 Å². The summed E-state index contributed by atoms with van der Waals surface area (Å²) >= 11 is 3.31. The maximum absolute atomic E-state index is 12.1. The summed E-state index contributed by atoms with van der Waals surface area (Å²) in [5.41, 5.74) is 0.238. The Morgan fingerprint density at radius 3 is 3.00 bits per heavy atom. The molecule has 108 valence electrons. The molecule has 0 aliphatic heterocycles. The molecule has 0 bridgehead atoms. The molecule has 0 aromatic carbocycles. The molecular weight excluding hydrogens is 328 g/mol. The first-order valence-corrected chi connectivity index (χ1v) is 6.97. The van der Waals surface area contributed by atoms with E-state index in [9.17, 15) is 4.79 Å². The molecule has 2 heterocycles. The highest BCUT2D eigenvalue weighted by Crippen LogP contribution is 2.11. The highest BCUT2D eigenvalue weighted by atomic mass is 79.9. The van der Waals surface area contributed by atoms with Crippen molar-refractivity contribution in [1.29, 1.82) is 0 Å². The van der Waals surface area contributed by atoms with Crippen molar-refractivity contribution in [3.05, 3.63) is 34.4 Å². The van der Waals surface area contributed by atoms with Crippen LogP contribution in [-0.2, 0) is 6.54 Å². The summed E-state index contributed by atoms with van der Waals surface area (Å²) in [6.07, 6.45) is 3.47. The van der Waals surface area contributed by atoms with E-state index in [0.717, 1.165) is 4.47 Å². The van der Waals surface area contributed by atoms with Gasteiger partial charge in [0, 0.05) is 25.4 Å². The molecule has 0 saturated carbocycles. The van der Waals surface area contributed by atoms with Crippen LogP contribution >= 0.6 is 15.9 Å². The molecule has 0 atom stereocenters. The monoisotopic (exact) mass is 342 g/mol. The van der Waals surface area contributed by atoms with Gasteiger partial charge < -0.3 is 14.5 Å². The number of rotatable bonds is 6. The number of hydrogen-bond donors (Lipinski definition) is 1. The van der Waals surface area contributed by atoms with Crippen LogP contribution in [-0.4, -0.2) is 50.5 Å². The Morgan fingerprint density at radius 1 is 1.60 bits per heavy atom. The van der Waals surface area contributed by atoms with Gasteiger partial charge in [0.1, 0.15) is 6.54 Å². The molecule has 20 heavy (non-hydrogen) atoms. The minimum atomic E-state index is -0.252. The average molecular weight is 343 g/mol. The summed E-state index contributed by atoms with van der Waals surface area (Å²) in [6.45, 7) is 2.96. The zero-order chi connectivity index (χ0) is 14.5. The van der Waals surface area contributed by atoms with Gasteiger partial charge in [-0.1, -0.05) is 5.16 Å². The molecule has 1 amide bonds. The summed E-state index contributed by atoms with van der Waals surface area (Å²) in [5.74, 6) is 0.294. The summed E-state index contributed by atoms with van der Waals surface area (Å²) in [4.78, 5) is 13.6. The molecule has 0 radical (unpaired) electrons. The predicted octanol–water partition coefficient (Wildman–Crippen LogP) is 1.14. The number of aliphatic hydroxyl groups is 1. The molecule has 2 rings (SSSR count). The number of aromatic nitrogens is 3. The van der Waals surface area contributed by atoms with Gasteiger partial charge >= 0.3 is 0 Å². The number of amides is 1. The third kappa shape index (κ3) is 3.45. The van der Waals surface area contributed by atoms with Crippen LogP contribution in [0.25, 0.3) is 0 Å². The van der Waals surface area contributed by atoms with E-state index >= 15 is 0 Å². The third-order valence-corrected chi connectivity index (χ3v) is 3.15. The lowest BCUT2D eigenvalue weighted by atomic mass is 10.3. The van der Waals surface area contributed by atoms with Gasteiger partial charge in [-0.25, -0.2) is 0 Å². The fourth-order valence-electron chi connectivity index (χ4n) is 1.76. The fourth-order valence-corrected chi connectivity index (χ4v) is 2.09. The van der Waals surface area contributed by atoms with Crippen LogP contribution < -0.4 is 0 Å². The van der Waals surface area contributed by atoms with Crippen LogP contribution in [0.1, 0.15) is 23.2 Å². The van der Waals surface area contributed by atoms with Gasteiger partial charge in [0.25, 0.3) is 5.91 Å². The van der Waals surface area contributed by atoms with Crippen LogP contribution in [0.3, 0.4) is 0 Å². The topological polar surface area (TPSA) is 84.4 Å². The summed E-state index contributed by atoms with van der Waals surface area (Å²) in [7, 11) is 0. The molecule has 0 saturated heterocycles. The number of carbonyl (C=O) groups excluding carboxylic acids is 1. The van der Waals surface area contributed by atoms with Crippen LogP contribution in [0.4, 0.5) is 0 Å². The number of likely N-dealkylation sites (N-methyl/N-ethyl adjacent to an activating group) is 1. The van der Waals surface area contributed by atoms with E-state index in [-0.39, 0.29) is 24.8 Å². The van der Waals surface area contributed by atoms with E-state index in [0.29, 0.717) is 18.8 Å². The largest absolute Gasteiger partial charge is 0.395 e. The van der Waals surface area contributed by atoms with Crippen molar-refractivity contribution in [3.63, 3.8) is 0 Å². The Bertz CT molecular complexity index is 581. The van der Waals surface area contributed by atoms with E-state index in [1.54, 1.807) is 23.1 Å². The Labute approximate surface area is 124 Å². The number of nitrogens with zero attached hydrogens (tertiary/aromatic N) is 4. The smallest absolute Gasteiger partial charge is 0.276 e. The second-order valence-corrected chi connectivity index (χ2v) is 5.06. The molecule has 0 aliphatic carbocycles. The number of halogens is 1. The number of hydrogen-bond acceptors (Lipinski definition) is 5. The number of aliphatic hydroxyl groups excluding tert-OH is 1. The first-order valence-electron chi connectivity index (χ1n) is 6.17. The van der Waals surface area contributed by atoms with Crippen molar-refractivity contribution in [2.24, 2.45) is 0 Å². The van der Waals surface area contributed by atoms with E-state index in [4.69, 9.17) is 9.63 Å². The van der Waals surface area contributed by atoms with E-state index in [2.05, 4.69) is 26.2 Å². The van der Waals surface area contributed by atoms with Crippen LogP contribution in [0.2, 0.25) is 0 Å². The summed E-state index contributed by atoms with van der Waals surface area (Å²) in [6, 6.07) is 1.60. The third-order valence-electron chi connectivity index (χ3n) is 2.74. The maximum Gasteiger partial charge on any atom is 0.276 e. The molecule has 0 unspecified atom stereocenters. The molecule has 0 spiro atoms. The minimum absolute atomic E-state index is 0.0778. The van der Waals surface area contributed by atoms with Crippen molar-refractivity contribution >= 4 is 21.8 Å².